The molecule has 4 atom stereocenters. The molecule has 2 aromatic carbocycles. The molecule has 0 radical (unpaired) electrons. The van der Waals surface area contributed by atoms with Crippen LogP contribution in [0.25, 0.3) is 0 Å². The number of nitrogens with zero attached hydrogens (tertiary/aromatic N) is 4. The lowest BCUT2D eigenvalue weighted by Crippen LogP contribution is -2.20. The summed E-state index contributed by atoms with van der Waals surface area (Å²) >= 11 is 2.62. The molecule has 2 heterocycles. The van der Waals surface area contributed by atoms with Gasteiger partial charge in [0.25, 0.3) is 11.8 Å². The number of hydrogen-bond acceptors (Lipinski definition) is 10. The summed E-state index contributed by atoms with van der Waals surface area (Å²) in [7, 11) is 0. The zero-order valence-electron chi connectivity index (χ0n) is 20.2. The molecule has 38 heavy (non-hydrogen) atoms. The Morgan fingerprint density at radius 2 is 1.13 bits per heavy atom. The summed E-state index contributed by atoms with van der Waals surface area (Å²) in [6.45, 7) is 0. The van der Waals surface area contributed by atoms with Crippen molar-refractivity contribution in [3.8, 4) is 0 Å². The number of rotatable bonds is 8. The predicted molar refractivity (Wildman–Crippen MR) is 144 cm³/mol. The third-order valence-electron chi connectivity index (χ3n) is 6.44. The maximum atomic E-state index is 12.5. The van der Waals surface area contributed by atoms with E-state index < -0.39 is 24.0 Å². The molecule has 2 amide bonds. The van der Waals surface area contributed by atoms with Gasteiger partial charge in [-0.05, 0) is 30.4 Å². The van der Waals surface area contributed by atoms with E-state index in [1.165, 1.54) is 22.7 Å². The Morgan fingerprint density at radius 1 is 0.711 bits per heavy atom. The molecule has 1 fully saturated rings. The molecule has 4 N–H and O–H groups in total. The van der Waals surface area contributed by atoms with E-state index in [9.17, 15) is 19.8 Å². The number of anilines is 2. The molecule has 196 valence electrons. The standard InChI is InChI=1S/C26H26N6O4S2/c33-19(15-8-3-1-4-9-15)21(35)27-25-31-29-23(37-25)17-12-7-13-18(14-17)24-30-32-26(38-24)28-22(36)20(34)16-10-5-2-6-11-16/h1-6,8-11,17-20,33-34H,7,12-14H2,(H,27,31,35)(H,28,32,36)/t17-,18-,19+,20+/m0/s1. The van der Waals surface area contributed by atoms with Crippen LogP contribution in [0, 0.1) is 0 Å². The van der Waals surface area contributed by atoms with Gasteiger partial charge in [-0.15, -0.1) is 20.4 Å². The number of benzene rings is 2. The fourth-order valence-corrected chi connectivity index (χ4v) is 6.25. The zero-order valence-corrected chi connectivity index (χ0v) is 21.9. The van der Waals surface area contributed by atoms with Crippen molar-refractivity contribution in [2.75, 3.05) is 10.6 Å². The molecule has 0 bridgehead atoms. The normalized spacial score (nSPS) is 18.9. The van der Waals surface area contributed by atoms with Gasteiger partial charge in [0.15, 0.2) is 12.2 Å². The van der Waals surface area contributed by atoms with Crippen LogP contribution < -0.4 is 10.6 Å². The third-order valence-corrected chi connectivity index (χ3v) is 8.44. The van der Waals surface area contributed by atoms with Gasteiger partial charge in [0.05, 0.1) is 0 Å². The molecule has 0 aliphatic heterocycles. The molecule has 2 aromatic heterocycles. The molecule has 5 rings (SSSR count). The molecular formula is C26H26N6O4S2. The van der Waals surface area contributed by atoms with E-state index in [2.05, 4.69) is 31.0 Å². The predicted octanol–water partition coefficient (Wildman–Crippen LogP) is 4.18. The molecule has 1 aliphatic rings. The van der Waals surface area contributed by atoms with Crippen molar-refractivity contribution in [3.05, 3.63) is 81.8 Å². The second-order valence-electron chi connectivity index (χ2n) is 9.06. The summed E-state index contributed by atoms with van der Waals surface area (Å²) in [5.74, 6) is -0.807. The molecule has 1 saturated carbocycles. The van der Waals surface area contributed by atoms with Crippen LogP contribution in [0.3, 0.4) is 0 Å². The first-order valence-corrected chi connectivity index (χ1v) is 13.9. The van der Waals surface area contributed by atoms with Gasteiger partial charge in [-0.25, -0.2) is 0 Å². The summed E-state index contributed by atoms with van der Waals surface area (Å²) in [5.41, 5.74) is 1.01. The highest BCUT2D eigenvalue weighted by Crippen LogP contribution is 2.43. The molecule has 10 nitrogen and oxygen atoms in total. The van der Waals surface area contributed by atoms with Gasteiger partial charge in [-0.2, -0.15) is 0 Å². The minimum Gasteiger partial charge on any atom is -0.378 e. The number of nitrogens with one attached hydrogen (secondary N) is 2. The van der Waals surface area contributed by atoms with E-state index in [0.29, 0.717) is 21.4 Å². The van der Waals surface area contributed by atoms with Crippen molar-refractivity contribution < 1.29 is 19.8 Å². The average molecular weight is 551 g/mol. The Labute approximate surface area is 226 Å². The lowest BCUT2D eigenvalue weighted by Gasteiger charge is -2.25. The fourth-order valence-electron chi connectivity index (χ4n) is 4.46. The summed E-state index contributed by atoms with van der Waals surface area (Å²) in [4.78, 5) is 24.9. The van der Waals surface area contributed by atoms with Gasteiger partial charge in [-0.3, -0.25) is 20.2 Å². The first kappa shape index (κ1) is 26.0. The number of carbonyl (C=O) groups is 2. The van der Waals surface area contributed by atoms with E-state index in [0.717, 1.165) is 35.7 Å². The van der Waals surface area contributed by atoms with Gasteiger partial charge in [0, 0.05) is 11.8 Å². The molecule has 0 unspecified atom stereocenters. The molecule has 1 aliphatic carbocycles. The number of carbonyl (C=O) groups excluding carboxylic acids is 2. The van der Waals surface area contributed by atoms with E-state index >= 15 is 0 Å². The SMILES string of the molecule is O=C(Nc1nnc([C@H]2CCC[C@H](c3nnc(NC(=O)[C@H](O)c4ccccc4)s3)C2)s1)[C@H](O)c1ccccc1. The van der Waals surface area contributed by atoms with Crippen molar-refractivity contribution in [1.29, 1.82) is 0 Å². The van der Waals surface area contributed by atoms with Crippen LogP contribution in [-0.4, -0.2) is 42.4 Å². The maximum absolute atomic E-state index is 12.5. The average Bonchev–Trinajstić information content (AvgIpc) is 3.63. The number of hydrogen-bond donors (Lipinski definition) is 4. The molecular weight excluding hydrogens is 524 g/mol. The summed E-state index contributed by atoms with van der Waals surface area (Å²) in [6, 6.07) is 17.4. The summed E-state index contributed by atoms with van der Waals surface area (Å²) in [5, 5.41) is 45.1. The van der Waals surface area contributed by atoms with E-state index in [1.54, 1.807) is 48.5 Å². The van der Waals surface area contributed by atoms with E-state index in [4.69, 9.17) is 0 Å². The second-order valence-corrected chi connectivity index (χ2v) is 11.1. The topological polar surface area (TPSA) is 150 Å². The monoisotopic (exact) mass is 550 g/mol. The Kier molecular flexibility index (Phi) is 8.13. The van der Waals surface area contributed by atoms with Gasteiger partial charge in [0.1, 0.15) is 10.0 Å². The van der Waals surface area contributed by atoms with Crippen molar-refractivity contribution in [1.82, 2.24) is 20.4 Å². The highest BCUT2D eigenvalue weighted by molar-refractivity contribution is 7.15. The van der Waals surface area contributed by atoms with E-state index in [-0.39, 0.29) is 11.8 Å². The fraction of sp³-hybridized carbons (Fsp3) is 0.308. The van der Waals surface area contributed by atoms with Gasteiger partial charge in [-0.1, -0.05) is 89.8 Å². The van der Waals surface area contributed by atoms with Crippen molar-refractivity contribution in [2.45, 2.75) is 49.7 Å². The van der Waals surface area contributed by atoms with E-state index in [1.807, 2.05) is 12.1 Å². The second kappa shape index (κ2) is 11.9. The number of aliphatic hydroxyl groups is 2. The van der Waals surface area contributed by atoms with Gasteiger partial charge in [0.2, 0.25) is 10.3 Å². The third kappa shape index (κ3) is 6.10. The minimum atomic E-state index is -1.29. The maximum Gasteiger partial charge on any atom is 0.259 e. The van der Waals surface area contributed by atoms with Gasteiger partial charge >= 0.3 is 0 Å². The largest absolute Gasteiger partial charge is 0.378 e. The number of aliphatic hydroxyl groups excluding tert-OH is 2. The van der Waals surface area contributed by atoms with Crippen molar-refractivity contribution >= 4 is 44.8 Å². The first-order valence-electron chi connectivity index (χ1n) is 12.2. The Hall–Kier alpha value is -3.58. The molecule has 12 heteroatoms. The lowest BCUT2D eigenvalue weighted by molar-refractivity contribution is -0.124. The summed E-state index contributed by atoms with van der Waals surface area (Å²) in [6.07, 6.45) is 1.07. The van der Waals surface area contributed by atoms with Crippen molar-refractivity contribution in [2.24, 2.45) is 0 Å². The molecule has 4 aromatic rings. The van der Waals surface area contributed by atoms with Crippen LogP contribution in [0.1, 0.15) is 70.9 Å². The smallest absolute Gasteiger partial charge is 0.259 e. The molecule has 0 spiro atoms. The minimum absolute atomic E-state index is 0.151. The first-order chi connectivity index (χ1) is 18.5. The Morgan fingerprint density at radius 3 is 1.55 bits per heavy atom. The Bertz CT molecular complexity index is 1280. The lowest BCUT2D eigenvalue weighted by atomic mass is 9.82. The quantitative estimate of drug-likeness (QED) is 0.255. The van der Waals surface area contributed by atoms with Crippen LogP contribution in [0.2, 0.25) is 0 Å². The number of aromatic nitrogens is 4. The summed E-state index contributed by atoms with van der Waals surface area (Å²) < 4.78 is 0. The van der Waals surface area contributed by atoms with Gasteiger partial charge < -0.3 is 10.2 Å². The van der Waals surface area contributed by atoms with Crippen LogP contribution in [0.4, 0.5) is 10.3 Å². The highest BCUT2D eigenvalue weighted by Gasteiger charge is 2.30. The highest BCUT2D eigenvalue weighted by atomic mass is 32.1. The van der Waals surface area contributed by atoms with Crippen LogP contribution in [0.15, 0.2) is 60.7 Å². The van der Waals surface area contributed by atoms with Crippen molar-refractivity contribution in [3.63, 3.8) is 0 Å². The zero-order chi connectivity index (χ0) is 26.5. The van der Waals surface area contributed by atoms with Crippen LogP contribution >= 0.6 is 22.7 Å². The Balaban J connectivity index is 1.18. The van der Waals surface area contributed by atoms with Crippen LogP contribution in [0.5, 0.6) is 0 Å². The molecule has 0 saturated heterocycles. The van der Waals surface area contributed by atoms with Crippen LogP contribution in [-0.2, 0) is 9.59 Å². The number of amides is 2.